The summed E-state index contributed by atoms with van der Waals surface area (Å²) in [5, 5.41) is 8.00. The first kappa shape index (κ1) is 21.4. The van der Waals surface area contributed by atoms with Gasteiger partial charge in [-0.15, -0.1) is 5.10 Å². The van der Waals surface area contributed by atoms with E-state index in [1.807, 2.05) is 0 Å². The van der Waals surface area contributed by atoms with E-state index in [-0.39, 0.29) is 29.5 Å². The number of fused-ring (bicyclic) bond motifs is 1. The fraction of sp³-hybridized carbons (Fsp3) is 0.261. The van der Waals surface area contributed by atoms with Gasteiger partial charge in [0.15, 0.2) is 5.82 Å². The molecule has 10 heteroatoms. The maximum absolute atomic E-state index is 15.0. The van der Waals surface area contributed by atoms with E-state index in [1.54, 1.807) is 37.3 Å². The van der Waals surface area contributed by atoms with Gasteiger partial charge in [-0.3, -0.25) is 4.90 Å². The third-order valence-corrected chi connectivity index (χ3v) is 6.57. The van der Waals surface area contributed by atoms with Crippen LogP contribution >= 0.6 is 11.9 Å². The summed E-state index contributed by atoms with van der Waals surface area (Å²) in [6, 6.07) is 10.1. The van der Waals surface area contributed by atoms with Crippen molar-refractivity contribution in [3.63, 3.8) is 0 Å². The van der Waals surface area contributed by atoms with Gasteiger partial charge in [0, 0.05) is 35.2 Å². The number of aromatic nitrogens is 2. The fourth-order valence-corrected chi connectivity index (χ4v) is 4.37. The topological polar surface area (TPSA) is 76.6 Å². The van der Waals surface area contributed by atoms with Gasteiger partial charge in [-0.25, -0.2) is 13.6 Å². The van der Waals surface area contributed by atoms with Gasteiger partial charge in [-0.2, -0.15) is 5.10 Å². The van der Waals surface area contributed by atoms with E-state index in [0.29, 0.717) is 16.5 Å². The zero-order valence-electron chi connectivity index (χ0n) is 17.6. The highest BCUT2D eigenvalue weighted by atomic mass is 32.2. The molecule has 1 aromatic heterocycles. The molecule has 2 aliphatic rings. The highest BCUT2D eigenvalue weighted by molar-refractivity contribution is 8.01. The van der Waals surface area contributed by atoms with E-state index in [9.17, 15) is 4.79 Å². The van der Waals surface area contributed by atoms with Crippen LogP contribution < -0.4 is 14.2 Å². The Morgan fingerprint density at radius 1 is 1.24 bits per heavy atom. The molecule has 1 atom stereocenters. The Kier molecular flexibility index (Phi) is 5.76. The SMILES string of the molecule is CC1c2c(F)cc(Oc3cccnn3)cc2OC(=O)N1Cc1cccc(NSC2CC2)c1F. The number of carbonyl (C=O) groups excluding carboxylic acids is 1. The standard InChI is InChI=1S/C23H20F2N4O3S/c1-13-21-17(24)10-15(31-20-6-3-9-26-27-20)11-19(21)32-23(30)29(13)12-14-4-2-5-18(22(14)25)28-33-16-7-8-16/h2-6,9-11,13,16,28H,7-8,12H2,1H3. The quantitative estimate of drug-likeness (QED) is 0.434. The van der Waals surface area contributed by atoms with Crippen LogP contribution in [0.15, 0.2) is 48.7 Å². The Hall–Kier alpha value is -3.40. The molecule has 1 fully saturated rings. The largest absolute Gasteiger partial charge is 0.437 e. The third kappa shape index (κ3) is 4.56. The minimum Gasteiger partial charge on any atom is -0.437 e. The number of hydrogen-bond donors (Lipinski definition) is 1. The number of hydrogen-bond acceptors (Lipinski definition) is 7. The molecule has 7 nitrogen and oxygen atoms in total. The summed E-state index contributed by atoms with van der Waals surface area (Å²) in [5.74, 6) is -0.687. The van der Waals surface area contributed by atoms with Crippen molar-refractivity contribution in [1.82, 2.24) is 15.1 Å². The molecule has 1 N–H and O–H groups in total. The molecular weight excluding hydrogens is 450 g/mol. The van der Waals surface area contributed by atoms with Crippen molar-refractivity contribution < 1.29 is 23.0 Å². The van der Waals surface area contributed by atoms with E-state index in [4.69, 9.17) is 9.47 Å². The molecule has 0 saturated heterocycles. The monoisotopic (exact) mass is 470 g/mol. The van der Waals surface area contributed by atoms with E-state index in [1.165, 1.54) is 35.2 Å². The molecule has 1 saturated carbocycles. The van der Waals surface area contributed by atoms with Crippen molar-refractivity contribution in [1.29, 1.82) is 0 Å². The lowest BCUT2D eigenvalue weighted by atomic mass is 10.0. The van der Waals surface area contributed by atoms with Crippen LogP contribution in [0.5, 0.6) is 17.4 Å². The Balaban J connectivity index is 1.37. The number of nitrogens with one attached hydrogen (secondary N) is 1. The molecule has 0 radical (unpaired) electrons. The Bertz CT molecular complexity index is 1190. The van der Waals surface area contributed by atoms with Gasteiger partial charge in [0.2, 0.25) is 5.88 Å². The lowest BCUT2D eigenvalue weighted by Gasteiger charge is -2.34. The molecule has 1 aliphatic heterocycles. The number of carbonyl (C=O) groups is 1. The summed E-state index contributed by atoms with van der Waals surface area (Å²) in [4.78, 5) is 14.0. The maximum atomic E-state index is 15.0. The minimum atomic E-state index is -0.698. The van der Waals surface area contributed by atoms with Gasteiger partial charge in [0.1, 0.15) is 17.3 Å². The van der Waals surface area contributed by atoms with E-state index < -0.39 is 23.8 Å². The first-order valence-electron chi connectivity index (χ1n) is 10.5. The summed E-state index contributed by atoms with van der Waals surface area (Å²) in [6.45, 7) is 1.61. The zero-order valence-corrected chi connectivity index (χ0v) is 18.4. The van der Waals surface area contributed by atoms with Crippen LogP contribution in [0, 0.1) is 11.6 Å². The number of amides is 1. The lowest BCUT2D eigenvalue weighted by Crippen LogP contribution is -2.40. The fourth-order valence-electron chi connectivity index (χ4n) is 3.55. The van der Waals surface area contributed by atoms with Crippen LogP contribution in [0.25, 0.3) is 0 Å². The summed E-state index contributed by atoms with van der Waals surface area (Å²) < 4.78 is 44.0. The molecule has 0 bridgehead atoms. The van der Waals surface area contributed by atoms with Crippen molar-refractivity contribution in [2.75, 3.05) is 4.72 Å². The van der Waals surface area contributed by atoms with Crippen LogP contribution in [0.3, 0.4) is 0 Å². The second-order valence-corrected chi connectivity index (χ2v) is 8.96. The molecule has 0 spiro atoms. The molecule has 2 heterocycles. The number of anilines is 1. The number of rotatable bonds is 7. The van der Waals surface area contributed by atoms with Gasteiger partial charge in [0.05, 0.1) is 23.8 Å². The van der Waals surface area contributed by atoms with Gasteiger partial charge in [-0.1, -0.05) is 12.1 Å². The van der Waals surface area contributed by atoms with Crippen molar-refractivity contribution in [3.8, 4) is 17.4 Å². The number of benzene rings is 2. The molecule has 1 unspecified atom stereocenters. The second kappa shape index (κ2) is 8.86. The predicted octanol–water partition coefficient (Wildman–Crippen LogP) is 5.85. The summed E-state index contributed by atoms with van der Waals surface area (Å²) in [7, 11) is 0. The van der Waals surface area contributed by atoms with Crippen LogP contribution in [0.4, 0.5) is 19.3 Å². The van der Waals surface area contributed by atoms with Crippen LogP contribution in [0.1, 0.15) is 36.9 Å². The van der Waals surface area contributed by atoms with E-state index >= 15 is 8.78 Å². The molecule has 5 rings (SSSR count). The second-order valence-electron chi connectivity index (χ2n) is 7.85. The van der Waals surface area contributed by atoms with Crippen molar-refractivity contribution >= 4 is 23.7 Å². The molecule has 33 heavy (non-hydrogen) atoms. The average Bonchev–Trinajstić information content (AvgIpc) is 3.61. The van der Waals surface area contributed by atoms with Gasteiger partial charge in [-0.05, 0) is 43.8 Å². The Labute approximate surface area is 193 Å². The summed E-state index contributed by atoms with van der Waals surface area (Å²) in [6.07, 6.45) is 3.02. The Morgan fingerprint density at radius 2 is 2.09 bits per heavy atom. The zero-order chi connectivity index (χ0) is 22.9. The number of ether oxygens (including phenoxy) is 2. The molecular formula is C23H20F2N4O3S. The van der Waals surface area contributed by atoms with Crippen molar-refractivity contribution in [2.24, 2.45) is 0 Å². The summed E-state index contributed by atoms with van der Waals surface area (Å²) in [5.41, 5.74) is 0.867. The third-order valence-electron chi connectivity index (χ3n) is 5.43. The van der Waals surface area contributed by atoms with Crippen molar-refractivity contribution in [2.45, 2.75) is 37.6 Å². The predicted molar refractivity (Wildman–Crippen MR) is 119 cm³/mol. The maximum Gasteiger partial charge on any atom is 0.416 e. The normalized spacial score (nSPS) is 17.4. The number of nitrogens with zero attached hydrogens (tertiary/aromatic N) is 3. The molecule has 170 valence electrons. The molecule has 3 aromatic rings. The lowest BCUT2D eigenvalue weighted by molar-refractivity contribution is 0.114. The number of halogens is 2. The van der Waals surface area contributed by atoms with Gasteiger partial charge < -0.3 is 14.2 Å². The van der Waals surface area contributed by atoms with E-state index in [2.05, 4.69) is 14.9 Å². The molecule has 1 amide bonds. The minimum absolute atomic E-state index is 0.0550. The van der Waals surface area contributed by atoms with Crippen LogP contribution in [-0.4, -0.2) is 26.4 Å². The van der Waals surface area contributed by atoms with Crippen LogP contribution in [-0.2, 0) is 6.54 Å². The molecule has 1 aliphatic carbocycles. The first-order valence-corrected chi connectivity index (χ1v) is 11.3. The Morgan fingerprint density at radius 3 is 2.85 bits per heavy atom. The highest BCUT2D eigenvalue weighted by Crippen LogP contribution is 2.41. The highest BCUT2D eigenvalue weighted by Gasteiger charge is 2.35. The smallest absolute Gasteiger partial charge is 0.416 e. The molecule has 2 aromatic carbocycles. The van der Waals surface area contributed by atoms with Gasteiger partial charge in [0.25, 0.3) is 0 Å². The van der Waals surface area contributed by atoms with Crippen molar-refractivity contribution in [3.05, 3.63) is 71.4 Å². The van der Waals surface area contributed by atoms with E-state index in [0.717, 1.165) is 12.8 Å². The first-order chi connectivity index (χ1) is 16.0. The van der Waals surface area contributed by atoms with Gasteiger partial charge >= 0.3 is 6.09 Å². The summed E-state index contributed by atoms with van der Waals surface area (Å²) >= 11 is 1.49. The van der Waals surface area contributed by atoms with Crippen LogP contribution in [0.2, 0.25) is 0 Å². The average molecular weight is 471 g/mol.